The second-order valence-corrected chi connectivity index (χ2v) is 11.3. The van der Waals surface area contributed by atoms with Crippen molar-refractivity contribution < 1.29 is 26.9 Å². The summed E-state index contributed by atoms with van der Waals surface area (Å²) in [5.74, 6) is 0.980. The lowest BCUT2D eigenvalue weighted by molar-refractivity contribution is 0.221. The van der Waals surface area contributed by atoms with E-state index in [1.54, 1.807) is 42.5 Å². The van der Waals surface area contributed by atoms with Gasteiger partial charge in [0.1, 0.15) is 24.5 Å². The summed E-state index contributed by atoms with van der Waals surface area (Å²) in [6, 6.07) is 9.74. The van der Waals surface area contributed by atoms with E-state index in [4.69, 9.17) is 13.3 Å². The van der Waals surface area contributed by atoms with Crippen LogP contribution in [-0.4, -0.2) is 49.8 Å². The molecule has 4 aromatic rings. The Morgan fingerprint density at radius 3 is 2.78 bits per heavy atom. The van der Waals surface area contributed by atoms with Crippen LogP contribution in [-0.2, 0) is 20.9 Å². The monoisotopic (exact) mass is 541 g/mol. The fourth-order valence-corrected chi connectivity index (χ4v) is 5.81. The summed E-state index contributed by atoms with van der Waals surface area (Å²) in [4.78, 5) is 12.3. The molecule has 1 N–H and O–H groups in total. The molecule has 194 valence electrons. The fraction of sp³-hybridized carbons (Fsp3) is 0.308. The van der Waals surface area contributed by atoms with Crippen LogP contribution in [0.4, 0.5) is 5.13 Å². The van der Waals surface area contributed by atoms with E-state index < -0.39 is 10.1 Å². The van der Waals surface area contributed by atoms with Crippen molar-refractivity contribution in [1.29, 1.82) is 0 Å². The molecule has 3 heterocycles. The van der Waals surface area contributed by atoms with Gasteiger partial charge in [-0.25, -0.2) is 9.97 Å². The topological polar surface area (TPSA) is 115 Å². The molecule has 2 aromatic heterocycles. The summed E-state index contributed by atoms with van der Waals surface area (Å²) in [6.45, 7) is 3.54. The van der Waals surface area contributed by atoms with Gasteiger partial charge in [0.25, 0.3) is 10.1 Å². The zero-order valence-corrected chi connectivity index (χ0v) is 21.9. The average molecular weight is 542 g/mol. The maximum absolute atomic E-state index is 12.4. The zero-order valence-electron chi connectivity index (χ0n) is 20.3. The van der Waals surface area contributed by atoms with E-state index in [2.05, 4.69) is 14.9 Å². The number of ether oxygens (including phenoxy) is 1. The Bertz CT molecular complexity index is 1520. The minimum atomic E-state index is -3.96. The number of rotatable bonds is 10. The number of fused-ring (bicyclic) bond motifs is 1. The van der Waals surface area contributed by atoms with Crippen molar-refractivity contribution in [1.82, 2.24) is 9.97 Å². The third-order valence-electron chi connectivity index (χ3n) is 6.02. The van der Waals surface area contributed by atoms with Crippen LogP contribution in [0.1, 0.15) is 34.7 Å². The Morgan fingerprint density at radius 1 is 1.14 bits per heavy atom. The first-order valence-electron chi connectivity index (χ1n) is 11.9. The Morgan fingerprint density at radius 2 is 1.97 bits per heavy atom. The van der Waals surface area contributed by atoms with Crippen LogP contribution in [0.15, 0.2) is 51.9 Å². The van der Waals surface area contributed by atoms with E-state index in [9.17, 15) is 13.5 Å². The van der Waals surface area contributed by atoms with Gasteiger partial charge >= 0.3 is 0 Å². The molecule has 0 bridgehead atoms. The number of thiazole rings is 1. The van der Waals surface area contributed by atoms with E-state index >= 15 is 0 Å². The molecule has 9 nitrogen and oxygen atoms in total. The molecule has 1 fully saturated rings. The molecular weight excluding hydrogens is 514 g/mol. The molecular formula is C26H27N3O6S2. The minimum Gasteiger partial charge on any atom is -0.491 e. The Balaban J connectivity index is 1.16. The molecule has 0 aliphatic carbocycles. The van der Waals surface area contributed by atoms with E-state index in [-0.39, 0.29) is 24.7 Å². The van der Waals surface area contributed by atoms with Gasteiger partial charge in [-0.05, 0) is 61.2 Å². The van der Waals surface area contributed by atoms with Gasteiger partial charge < -0.3 is 19.2 Å². The number of anilines is 1. The Kier molecular flexibility index (Phi) is 7.56. The molecule has 0 radical (unpaired) electrons. The lowest BCUT2D eigenvalue weighted by atomic mass is 10.1. The number of aromatic nitrogens is 2. The van der Waals surface area contributed by atoms with Crippen molar-refractivity contribution in [3.05, 3.63) is 64.5 Å². The van der Waals surface area contributed by atoms with Gasteiger partial charge in [-0.2, -0.15) is 8.42 Å². The summed E-state index contributed by atoms with van der Waals surface area (Å²) in [5, 5.41) is 10.4. The number of aliphatic hydroxyl groups excluding tert-OH is 1. The Labute approximate surface area is 219 Å². The predicted molar refractivity (Wildman–Crippen MR) is 142 cm³/mol. The van der Waals surface area contributed by atoms with Crippen molar-refractivity contribution in [2.45, 2.75) is 31.3 Å². The molecule has 37 heavy (non-hydrogen) atoms. The van der Waals surface area contributed by atoms with Crippen LogP contribution < -0.4 is 9.64 Å². The zero-order chi connectivity index (χ0) is 25.8. The largest absolute Gasteiger partial charge is 0.491 e. The first kappa shape index (κ1) is 25.4. The third kappa shape index (κ3) is 6.02. The SMILES string of the molecule is Cc1ccc(S(=O)(=O)OCCOc2ccc3nc(/C=C/c4cnc(N5CCCC5)s4)oc3c2)cc1CO. The van der Waals surface area contributed by atoms with Crippen LogP contribution in [0.3, 0.4) is 0 Å². The normalized spacial score (nSPS) is 14.3. The van der Waals surface area contributed by atoms with E-state index in [1.807, 2.05) is 18.3 Å². The number of aliphatic hydroxyl groups is 1. The van der Waals surface area contributed by atoms with Crippen LogP contribution in [0.25, 0.3) is 23.3 Å². The predicted octanol–water partition coefficient (Wildman–Crippen LogP) is 4.64. The van der Waals surface area contributed by atoms with Gasteiger partial charge in [0.2, 0.25) is 5.89 Å². The van der Waals surface area contributed by atoms with Crippen molar-refractivity contribution >= 4 is 49.8 Å². The maximum atomic E-state index is 12.4. The second kappa shape index (κ2) is 11.0. The summed E-state index contributed by atoms with van der Waals surface area (Å²) < 4.78 is 41.5. The van der Waals surface area contributed by atoms with Crippen molar-refractivity contribution in [2.24, 2.45) is 0 Å². The number of nitrogens with zero attached hydrogens (tertiary/aromatic N) is 3. The number of oxazole rings is 1. The molecule has 1 aliphatic heterocycles. The molecule has 2 aromatic carbocycles. The lowest BCUT2D eigenvalue weighted by Gasteiger charge is -2.11. The summed E-state index contributed by atoms with van der Waals surface area (Å²) >= 11 is 1.65. The molecule has 0 spiro atoms. The van der Waals surface area contributed by atoms with E-state index in [0.717, 1.165) is 28.7 Å². The highest BCUT2D eigenvalue weighted by molar-refractivity contribution is 7.86. The number of benzene rings is 2. The van der Waals surface area contributed by atoms with Crippen molar-refractivity contribution in [3.8, 4) is 5.75 Å². The standard InChI is InChI=1S/C26H27N3O6S2/c1-18-4-7-22(14-19(18)17-30)37(31,32)34-13-12-33-20-5-8-23-24(15-20)35-25(28-23)9-6-21-16-27-26(36-21)29-10-2-3-11-29/h4-9,14-16,30H,2-3,10-13,17H2,1H3/b9-6+. The lowest BCUT2D eigenvalue weighted by Crippen LogP contribution is -2.16. The summed E-state index contributed by atoms with van der Waals surface area (Å²) in [6.07, 6.45) is 8.04. The quantitative estimate of drug-likeness (QED) is 0.226. The van der Waals surface area contributed by atoms with Crippen LogP contribution in [0.5, 0.6) is 5.75 Å². The molecule has 1 aliphatic rings. The van der Waals surface area contributed by atoms with Gasteiger partial charge in [-0.3, -0.25) is 4.18 Å². The van der Waals surface area contributed by atoms with Gasteiger partial charge in [0.05, 0.1) is 11.5 Å². The first-order chi connectivity index (χ1) is 17.9. The Hall–Kier alpha value is -3.25. The fourth-order valence-electron chi connectivity index (χ4n) is 3.99. The highest BCUT2D eigenvalue weighted by Gasteiger charge is 2.17. The highest BCUT2D eigenvalue weighted by Crippen LogP contribution is 2.28. The van der Waals surface area contributed by atoms with Gasteiger partial charge in [0.15, 0.2) is 10.7 Å². The molecule has 0 unspecified atom stereocenters. The average Bonchev–Trinajstić information content (AvgIpc) is 3.66. The molecule has 11 heteroatoms. The molecule has 0 saturated carbocycles. The summed E-state index contributed by atoms with van der Waals surface area (Å²) in [7, 11) is -3.96. The maximum Gasteiger partial charge on any atom is 0.297 e. The van der Waals surface area contributed by atoms with E-state index in [0.29, 0.717) is 28.3 Å². The summed E-state index contributed by atoms with van der Waals surface area (Å²) in [5.41, 5.74) is 2.59. The third-order valence-corrected chi connectivity index (χ3v) is 8.36. The number of hydrogen-bond donors (Lipinski definition) is 1. The molecule has 0 atom stereocenters. The van der Waals surface area contributed by atoms with Crippen molar-refractivity contribution in [3.63, 3.8) is 0 Å². The molecule has 1 saturated heterocycles. The van der Waals surface area contributed by atoms with Gasteiger partial charge in [-0.15, -0.1) is 0 Å². The minimum absolute atomic E-state index is 0.00332. The van der Waals surface area contributed by atoms with Gasteiger partial charge in [-0.1, -0.05) is 17.4 Å². The van der Waals surface area contributed by atoms with E-state index in [1.165, 1.54) is 25.0 Å². The van der Waals surface area contributed by atoms with Crippen LogP contribution >= 0.6 is 11.3 Å². The number of hydrogen-bond acceptors (Lipinski definition) is 10. The molecule has 0 amide bonds. The number of aryl methyl sites for hydroxylation is 1. The van der Waals surface area contributed by atoms with Gasteiger partial charge in [0, 0.05) is 36.3 Å². The van der Waals surface area contributed by atoms with Crippen LogP contribution in [0.2, 0.25) is 0 Å². The van der Waals surface area contributed by atoms with Crippen LogP contribution in [0, 0.1) is 6.92 Å². The first-order valence-corrected chi connectivity index (χ1v) is 14.2. The second-order valence-electron chi connectivity index (χ2n) is 8.63. The highest BCUT2D eigenvalue weighted by atomic mass is 32.2. The van der Waals surface area contributed by atoms with Crippen molar-refractivity contribution in [2.75, 3.05) is 31.2 Å². The smallest absolute Gasteiger partial charge is 0.297 e. The molecule has 5 rings (SSSR count).